The van der Waals surface area contributed by atoms with Crippen molar-refractivity contribution in [1.82, 2.24) is 9.47 Å². The lowest BCUT2D eigenvalue weighted by atomic mass is 9.96. The zero-order chi connectivity index (χ0) is 15.5. The van der Waals surface area contributed by atoms with Gasteiger partial charge >= 0.3 is 0 Å². The quantitative estimate of drug-likeness (QED) is 0.869. The summed E-state index contributed by atoms with van der Waals surface area (Å²) in [7, 11) is 4.19. The van der Waals surface area contributed by atoms with Gasteiger partial charge in [-0.1, -0.05) is 30.3 Å². The van der Waals surface area contributed by atoms with Crippen LogP contribution < -0.4 is 0 Å². The second kappa shape index (κ2) is 6.21. The fourth-order valence-electron chi connectivity index (χ4n) is 3.05. The third-order valence-electron chi connectivity index (χ3n) is 4.16. The highest BCUT2D eigenvalue weighted by atomic mass is 15.0. The molecule has 0 aliphatic carbocycles. The number of benzene rings is 1. The van der Waals surface area contributed by atoms with Gasteiger partial charge in [0.1, 0.15) is 6.07 Å². The smallest absolute Gasteiger partial charge is 0.101 e. The summed E-state index contributed by atoms with van der Waals surface area (Å²) in [5.41, 5.74) is 5.87. The van der Waals surface area contributed by atoms with Crippen molar-refractivity contribution in [1.29, 1.82) is 5.26 Å². The molecule has 0 saturated carbocycles. The molecule has 0 bridgehead atoms. The maximum absolute atomic E-state index is 9.20. The fraction of sp³-hybridized carbons (Fsp3) is 0.316. The van der Waals surface area contributed by atoms with E-state index in [0.717, 1.165) is 31.5 Å². The molecule has 3 heteroatoms. The second-order valence-corrected chi connectivity index (χ2v) is 6.04. The minimum atomic E-state index is 0.743. The number of fused-ring (bicyclic) bond motifs is 2. The van der Waals surface area contributed by atoms with Gasteiger partial charge in [-0.3, -0.25) is 0 Å². The van der Waals surface area contributed by atoms with E-state index in [1.54, 1.807) is 0 Å². The van der Waals surface area contributed by atoms with E-state index in [-0.39, 0.29) is 0 Å². The Kier molecular flexibility index (Phi) is 4.13. The molecular weight excluding hydrogens is 270 g/mol. The highest BCUT2D eigenvalue weighted by Crippen LogP contribution is 2.31. The van der Waals surface area contributed by atoms with Crippen molar-refractivity contribution in [2.24, 2.45) is 0 Å². The van der Waals surface area contributed by atoms with E-state index in [2.05, 4.69) is 60.0 Å². The SMILES string of the molecule is CN(C)CCC=C1c2ccccc2CCn2cc(C#N)cc21. The largest absolute Gasteiger partial charge is 0.346 e. The maximum atomic E-state index is 9.20. The Morgan fingerprint density at radius 3 is 2.91 bits per heavy atom. The number of nitrogens with zero attached hydrogens (tertiary/aromatic N) is 3. The summed E-state index contributed by atoms with van der Waals surface area (Å²) < 4.78 is 2.22. The lowest BCUT2D eigenvalue weighted by Crippen LogP contribution is -2.12. The van der Waals surface area contributed by atoms with Crippen molar-refractivity contribution in [2.45, 2.75) is 19.4 Å². The predicted octanol–water partition coefficient (Wildman–Crippen LogP) is 3.30. The third kappa shape index (κ3) is 2.84. The molecule has 0 unspecified atom stereocenters. The summed E-state index contributed by atoms with van der Waals surface area (Å²) in [4.78, 5) is 2.19. The van der Waals surface area contributed by atoms with Crippen molar-refractivity contribution >= 4 is 5.57 Å². The van der Waals surface area contributed by atoms with Crippen LogP contribution in [0.15, 0.2) is 42.6 Å². The Hall–Kier alpha value is -2.31. The van der Waals surface area contributed by atoms with E-state index in [4.69, 9.17) is 0 Å². The Morgan fingerprint density at radius 1 is 1.32 bits per heavy atom. The molecule has 0 saturated heterocycles. The Morgan fingerprint density at radius 2 is 2.14 bits per heavy atom. The molecule has 0 atom stereocenters. The summed E-state index contributed by atoms with van der Waals surface area (Å²) in [5, 5.41) is 9.20. The van der Waals surface area contributed by atoms with Gasteiger partial charge in [0.25, 0.3) is 0 Å². The zero-order valence-corrected chi connectivity index (χ0v) is 13.2. The van der Waals surface area contributed by atoms with Gasteiger partial charge in [-0.15, -0.1) is 0 Å². The minimum Gasteiger partial charge on any atom is -0.346 e. The van der Waals surface area contributed by atoms with E-state index < -0.39 is 0 Å². The van der Waals surface area contributed by atoms with E-state index in [1.807, 2.05) is 12.3 Å². The maximum Gasteiger partial charge on any atom is 0.101 e. The molecule has 0 radical (unpaired) electrons. The van der Waals surface area contributed by atoms with Crippen LogP contribution in [0.2, 0.25) is 0 Å². The Balaban J connectivity index is 2.08. The van der Waals surface area contributed by atoms with Crippen LogP contribution in [0.1, 0.15) is 28.8 Å². The number of hydrogen-bond donors (Lipinski definition) is 0. The van der Waals surface area contributed by atoms with Crippen molar-refractivity contribution in [3.8, 4) is 6.07 Å². The molecule has 3 rings (SSSR count). The predicted molar refractivity (Wildman–Crippen MR) is 89.5 cm³/mol. The zero-order valence-electron chi connectivity index (χ0n) is 13.2. The van der Waals surface area contributed by atoms with Crippen molar-refractivity contribution in [3.63, 3.8) is 0 Å². The normalized spacial score (nSPS) is 15.3. The average Bonchev–Trinajstić information content (AvgIpc) is 2.87. The molecule has 0 spiro atoms. The lowest BCUT2D eigenvalue weighted by molar-refractivity contribution is 0.417. The van der Waals surface area contributed by atoms with Gasteiger partial charge < -0.3 is 9.47 Å². The topological polar surface area (TPSA) is 32.0 Å². The standard InChI is InChI=1S/C19H21N3/c1-21(2)10-5-8-18-17-7-4-3-6-16(17)9-11-22-14-15(13-20)12-19(18)22/h3-4,6-8,12,14H,5,9-11H2,1-2H3. The van der Waals surface area contributed by atoms with Crippen LogP contribution in [-0.4, -0.2) is 30.1 Å². The fourth-order valence-corrected chi connectivity index (χ4v) is 3.05. The first-order valence-corrected chi connectivity index (χ1v) is 7.73. The molecule has 2 heterocycles. The van der Waals surface area contributed by atoms with Crippen LogP contribution in [0.3, 0.4) is 0 Å². The Bertz CT molecular complexity index is 744. The minimum absolute atomic E-state index is 0.743. The summed E-state index contributed by atoms with van der Waals surface area (Å²) in [6, 6.07) is 12.9. The van der Waals surface area contributed by atoms with Crippen LogP contribution >= 0.6 is 0 Å². The molecular formula is C19H21N3. The van der Waals surface area contributed by atoms with Gasteiger partial charge in [0.15, 0.2) is 0 Å². The first kappa shape index (κ1) is 14.6. The van der Waals surface area contributed by atoms with E-state index in [1.165, 1.54) is 22.4 Å². The first-order chi connectivity index (χ1) is 10.7. The highest BCUT2D eigenvalue weighted by molar-refractivity contribution is 5.81. The van der Waals surface area contributed by atoms with E-state index in [0.29, 0.717) is 0 Å². The summed E-state index contributed by atoms with van der Waals surface area (Å²) in [6.07, 6.45) is 6.30. The van der Waals surface area contributed by atoms with E-state index in [9.17, 15) is 5.26 Å². The number of hydrogen-bond acceptors (Lipinski definition) is 2. The molecule has 112 valence electrons. The lowest BCUT2D eigenvalue weighted by Gasteiger charge is -2.11. The van der Waals surface area contributed by atoms with Crippen LogP contribution in [-0.2, 0) is 13.0 Å². The number of rotatable bonds is 3. The molecule has 1 aliphatic rings. The molecule has 0 amide bonds. The number of aromatic nitrogens is 1. The van der Waals surface area contributed by atoms with Gasteiger partial charge in [-0.25, -0.2) is 0 Å². The molecule has 1 aliphatic heterocycles. The summed E-state index contributed by atoms with van der Waals surface area (Å²) in [5.74, 6) is 0. The highest BCUT2D eigenvalue weighted by Gasteiger charge is 2.18. The molecule has 22 heavy (non-hydrogen) atoms. The van der Waals surface area contributed by atoms with Gasteiger partial charge in [0.2, 0.25) is 0 Å². The Labute approximate surface area is 132 Å². The third-order valence-corrected chi connectivity index (χ3v) is 4.16. The molecule has 0 fully saturated rings. The van der Waals surface area contributed by atoms with Crippen molar-refractivity contribution in [3.05, 3.63) is 65.0 Å². The average molecular weight is 291 g/mol. The van der Waals surface area contributed by atoms with Crippen molar-refractivity contribution < 1.29 is 0 Å². The molecule has 3 nitrogen and oxygen atoms in total. The van der Waals surface area contributed by atoms with Gasteiger partial charge in [0, 0.05) is 30.6 Å². The second-order valence-electron chi connectivity index (χ2n) is 6.04. The monoisotopic (exact) mass is 291 g/mol. The van der Waals surface area contributed by atoms with E-state index >= 15 is 0 Å². The molecule has 2 aromatic rings. The number of aryl methyl sites for hydroxylation is 2. The van der Waals surface area contributed by atoms with Gasteiger partial charge in [-0.05, 0) is 44.1 Å². The van der Waals surface area contributed by atoms with Crippen LogP contribution in [0, 0.1) is 11.3 Å². The van der Waals surface area contributed by atoms with Crippen LogP contribution in [0.25, 0.3) is 5.57 Å². The van der Waals surface area contributed by atoms with Crippen molar-refractivity contribution in [2.75, 3.05) is 20.6 Å². The molecule has 1 aromatic carbocycles. The van der Waals surface area contributed by atoms with Crippen LogP contribution in [0.4, 0.5) is 0 Å². The summed E-state index contributed by atoms with van der Waals surface area (Å²) >= 11 is 0. The van der Waals surface area contributed by atoms with Gasteiger partial charge in [0.05, 0.1) is 5.56 Å². The first-order valence-electron chi connectivity index (χ1n) is 7.73. The van der Waals surface area contributed by atoms with Gasteiger partial charge in [-0.2, -0.15) is 5.26 Å². The molecule has 0 N–H and O–H groups in total. The molecule has 1 aromatic heterocycles. The van der Waals surface area contributed by atoms with Crippen LogP contribution in [0.5, 0.6) is 0 Å². The number of nitriles is 1. The summed E-state index contributed by atoms with van der Waals surface area (Å²) in [6.45, 7) is 1.95.